The Bertz CT molecular complexity index is 630. The molecule has 1 aromatic carbocycles. The quantitative estimate of drug-likeness (QED) is 0.752. The Morgan fingerprint density at radius 2 is 1.77 bits per heavy atom. The van der Waals surface area contributed by atoms with E-state index in [1.807, 2.05) is 0 Å². The summed E-state index contributed by atoms with van der Waals surface area (Å²) < 4.78 is 40.9. The molecule has 0 unspecified atom stereocenters. The molecule has 0 spiro atoms. The van der Waals surface area contributed by atoms with Crippen molar-refractivity contribution in [2.75, 3.05) is 0 Å². The zero-order valence-electron chi connectivity index (χ0n) is 10.6. The normalized spacial score (nSPS) is 15.2. The van der Waals surface area contributed by atoms with Crippen LogP contribution in [-0.4, -0.2) is 29.2 Å². The fraction of sp³-hybridized carbons (Fsp3) is 0.250. The van der Waals surface area contributed by atoms with Gasteiger partial charge in [0.1, 0.15) is 11.3 Å². The highest BCUT2D eigenvalue weighted by Crippen LogP contribution is 2.30. The van der Waals surface area contributed by atoms with E-state index in [1.54, 1.807) is 0 Å². The summed E-state index contributed by atoms with van der Waals surface area (Å²) in [6.07, 6.45) is -5.27. The first kappa shape index (κ1) is 16.3. The lowest BCUT2D eigenvalue weighted by molar-refractivity contribution is -0.274. The number of rotatable bonds is 3. The molecule has 1 heterocycles. The van der Waals surface area contributed by atoms with Gasteiger partial charge in [-0.15, -0.1) is 18.2 Å². The minimum absolute atomic E-state index is 0.128. The van der Waals surface area contributed by atoms with Gasteiger partial charge in [0.05, 0.1) is 0 Å². The highest BCUT2D eigenvalue weighted by molar-refractivity contribution is 9.10. The minimum atomic E-state index is -5.01. The fourth-order valence-electron chi connectivity index (χ4n) is 1.67. The maximum atomic E-state index is 12.3. The number of carbonyl (C=O) groups excluding carboxylic acids is 3. The summed E-state index contributed by atoms with van der Waals surface area (Å²) in [6, 6.07) is 3.15. The summed E-state index contributed by atoms with van der Waals surface area (Å²) in [4.78, 5) is 39.2. The van der Waals surface area contributed by atoms with E-state index in [0.29, 0.717) is 0 Å². The van der Waals surface area contributed by atoms with E-state index in [9.17, 15) is 27.6 Å². The van der Waals surface area contributed by atoms with E-state index < -0.39 is 35.5 Å². The van der Waals surface area contributed by atoms with E-state index in [1.165, 1.54) is 6.07 Å². The van der Waals surface area contributed by atoms with E-state index in [0.717, 1.165) is 12.1 Å². The van der Waals surface area contributed by atoms with Crippen molar-refractivity contribution in [2.24, 2.45) is 0 Å². The molecule has 1 aliphatic heterocycles. The van der Waals surface area contributed by atoms with Crippen molar-refractivity contribution in [3.63, 3.8) is 0 Å². The molecule has 0 radical (unpaired) electrons. The Morgan fingerprint density at radius 1 is 1.18 bits per heavy atom. The van der Waals surface area contributed by atoms with Crippen molar-refractivity contribution >= 4 is 33.7 Å². The number of hydroxylamine groups is 2. The van der Waals surface area contributed by atoms with Gasteiger partial charge < -0.3 is 9.57 Å². The van der Waals surface area contributed by atoms with Gasteiger partial charge in [-0.25, -0.2) is 4.79 Å². The summed E-state index contributed by atoms with van der Waals surface area (Å²) >= 11 is 2.99. The molecule has 0 N–H and O–H groups in total. The van der Waals surface area contributed by atoms with E-state index in [2.05, 4.69) is 25.5 Å². The summed E-state index contributed by atoms with van der Waals surface area (Å²) in [5, 5.41) is 0.237. The second-order valence-corrected chi connectivity index (χ2v) is 5.06. The van der Waals surface area contributed by atoms with Crippen LogP contribution in [0.2, 0.25) is 0 Å². The third-order valence-corrected chi connectivity index (χ3v) is 3.06. The van der Waals surface area contributed by atoms with Crippen molar-refractivity contribution in [3.8, 4) is 5.75 Å². The summed E-state index contributed by atoms with van der Waals surface area (Å²) in [5.41, 5.74) is -0.584. The molecule has 1 fully saturated rings. The maximum Gasteiger partial charge on any atom is 0.573 e. The van der Waals surface area contributed by atoms with E-state index in [-0.39, 0.29) is 22.4 Å². The van der Waals surface area contributed by atoms with Gasteiger partial charge in [-0.3, -0.25) is 9.59 Å². The Morgan fingerprint density at radius 3 is 2.32 bits per heavy atom. The number of alkyl halides is 3. The molecule has 1 aromatic rings. The largest absolute Gasteiger partial charge is 0.573 e. The van der Waals surface area contributed by atoms with E-state index >= 15 is 0 Å². The lowest BCUT2D eigenvalue weighted by Gasteiger charge is -2.15. The number of carbonyl (C=O) groups is 3. The molecule has 10 heteroatoms. The highest BCUT2D eigenvalue weighted by atomic mass is 79.9. The Labute approximate surface area is 129 Å². The molecular formula is C12H7BrF3NO5. The second-order valence-electron chi connectivity index (χ2n) is 4.15. The molecule has 118 valence electrons. The van der Waals surface area contributed by atoms with Gasteiger partial charge in [-0.1, -0.05) is 15.9 Å². The fourth-order valence-corrected chi connectivity index (χ4v) is 2.03. The first-order chi connectivity index (χ1) is 10.2. The Kier molecular flexibility index (Phi) is 4.40. The monoisotopic (exact) mass is 381 g/mol. The summed E-state index contributed by atoms with van der Waals surface area (Å²) in [6.45, 7) is 0. The van der Waals surface area contributed by atoms with Crippen molar-refractivity contribution in [1.29, 1.82) is 0 Å². The number of halogens is 4. The van der Waals surface area contributed by atoms with Gasteiger partial charge >= 0.3 is 12.3 Å². The Hall–Kier alpha value is -2.10. The smallest absolute Gasteiger partial charge is 0.405 e. The zero-order valence-corrected chi connectivity index (χ0v) is 12.2. The van der Waals surface area contributed by atoms with Gasteiger partial charge in [0, 0.05) is 17.3 Å². The van der Waals surface area contributed by atoms with Crippen LogP contribution in [0.3, 0.4) is 0 Å². The number of benzene rings is 1. The van der Waals surface area contributed by atoms with Crippen LogP contribution in [0.4, 0.5) is 13.2 Å². The van der Waals surface area contributed by atoms with Crippen molar-refractivity contribution in [2.45, 2.75) is 19.2 Å². The molecule has 0 bridgehead atoms. The SMILES string of the molecule is O=C(ON1C(=O)CCC1=O)c1cc(Br)ccc1OC(F)(F)F. The third-order valence-electron chi connectivity index (χ3n) is 2.57. The van der Waals surface area contributed by atoms with Crippen LogP contribution in [0.5, 0.6) is 5.75 Å². The van der Waals surface area contributed by atoms with Gasteiger partial charge in [-0.05, 0) is 18.2 Å². The van der Waals surface area contributed by atoms with E-state index in [4.69, 9.17) is 0 Å². The number of nitrogens with zero attached hydrogens (tertiary/aromatic N) is 1. The first-order valence-electron chi connectivity index (χ1n) is 5.81. The number of hydrogen-bond acceptors (Lipinski definition) is 5. The molecule has 22 heavy (non-hydrogen) atoms. The first-order valence-corrected chi connectivity index (χ1v) is 6.60. The average molecular weight is 382 g/mol. The van der Waals surface area contributed by atoms with Crippen molar-refractivity contribution in [1.82, 2.24) is 5.06 Å². The third kappa shape index (κ3) is 3.75. The predicted molar refractivity (Wildman–Crippen MR) is 67.3 cm³/mol. The van der Waals surface area contributed by atoms with Crippen LogP contribution < -0.4 is 4.74 Å². The van der Waals surface area contributed by atoms with Gasteiger partial charge in [-0.2, -0.15) is 0 Å². The van der Waals surface area contributed by atoms with Gasteiger partial charge in [0.15, 0.2) is 0 Å². The standard InChI is InChI=1S/C12H7BrF3NO5/c13-6-1-2-8(21-12(14,15)16)7(5-6)11(20)22-17-9(18)3-4-10(17)19/h1-2,5H,3-4H2. The predicted octanol–water partition coefficient (Wildman–Crippen LogP) is 2.57. The van der Waals surface area contributed by atoms with Crippen LogP contribution in [0, 0.1) is 0 Å². The molecule has 1 aliphatic rings. The number of hydrogen-bond donors (Lipinski definition) is 0. The van der Waals surface area contributed by atoms with Crippen molar-refractivity contribution in [3.05, 3.63) is 28.2 Å². The molecule has 0 atom stereocenters. The summed E-state index contributed by atoms with van der Waals surface area (Å²) in [5.74, 6) is -3.61. The minimum Gasteiger partial charge on any atom is -0.405 e. The zero-order chi connectivity index (χ0) is 16.5. The molecule has 0 saturated carbocycles. The number of imide groups is 1. The molecule has 1 saturated heterocycles. The van der Waals surface area contributed by atoms with Gasteiger partial charge in [0.25, 0.3) is 11.8 Å². The molecule has 0 aromatic heterocycles. The maximum absolute atomic E-state index is 12.3. The summed E-state index contributed by atoms with van der Waals surface area (Å²) in [7, 11) is 0. The van der Waals surface area contributed by atoms with Crippen LogP contribution in [0.1, 0.15) is 23.2 Å². The van der Waals surface area contributed by atoms with Gasteiger partial charge in [0.2, 0.25) is 0 Å². The number of amides is 2. The van der Waals surface area contributed by atoms with Crippen LogP contribution in [0.25, 0.3) is 0 Å². The second kappa shape index (κ2) is 5.95. The molecule has 2 rings (SSSR count). The lowest BCUT2D eigenvalue weighted by Crippen LogP contribution is -2.32. The highest BCUT2D eigenvalue weighted by Gasteiger charge is 2.36. The van der Waals surface area contributed by atoms with Crippen molar-refractivity contribution < 1.29 is 37.1 Å². The topological polar surface area (TPSA) is 72.9 Å². The molecule has 0 aliphatic carbocycles. The molecular weight excluding hydrogens is 375 g/mol. The van der Waals surface area contributed by atoms with Crippen LogP contribution >= 0.6 is 15.9 Å². The number of ether oxygens (including phenoxy) is 1. The molecule has 6 nitrogen and oxygen atoms in total. The average Bonchev–Trinajstić information content (AvgIpc) is 2.71. The lowest BCUT2D eigenvalue weighted by atomic mass is 10.2. The van der Waals surface area contributed by atoms with Crippen LogP contribution in [-0.2, 0) is 14.4 Å². The molecule has 2 amide bonds. The van der Waals surface area contributed by atoms with Crippen LogP contribution in [0.15, 0.2) is 22.7 Å². The Balaban J connectivity index is 2.26.